The standard InChI is InChI=1S/C37H40F4N4O2S/c1-4-43(5-2)18-19-44(22-26-6-10-28(11-7-26)29-12-14-30(15-13-29)37(39,40)41)34(46)23-45-33-21-25(3)20-32(33)35(47)42-36(45)48-24-27-8-16-31(38)17-9-27/h6-17,25H,4-5,18-24H2,1-3H3/i6D,7D,10D,11D,12D,13D,14D,15D,18D2,19D2,20D2,21D2,22D2,23D2,25D. The van der Waals surface area contributed by atoms with Gasteiger partial charge in [0.1, 0.15) is 12.3 Å². The second kappa shape index (κ2) is 15.5. The molecular weight excluding hydrogens is 640 g/mol. The lowest BCUT2D eigenvalue weighted by atomic mass is 10.0. The Morgan fingerprint density at radius 3 is 2.25 bits per heavy atom. The summed E-state index contributed by atoms with van der Waals surface area (Å²) in [6.45, 7) is -14.0. The minimum absolute atomic E-state index is 0.0325. The maximum Gasteiger partial charge on any atom is 0.416 e. The molecule has 4 aromatic rings. The minimum Gasteiger partial charge on any atom is -0.336 e. The first-order chi connectivity index (χ1) is 31.2. The number of fused-ring (bicyclic) bond motifs is 1. The second-order valence-corrected chi connectivity index (χ2v) is 10.7. The zero-order chi connectivity index (χ0) is 53.1. The van der Waals surface area contributed by atoms with Gasteiger partial charge in [-0.2, -0.15) is 18.2 Å². The van der Waals surface area contributed by atoms with E-state index >= 15 is 4.79 Å². The fourth-order valence-corrected chi connectivity index (χ4v) is 4.92. The van der Waals surface area contributed by atoms with Crippen molar-refractivity contribution >= 4 is 17.7 Å². The van der Waals surface area contributed by atoms with Crippen molar-refractivity contribution in [1.82, 2.24) is 19.4 Å². The van der Waals surface area contributed by atoms with Crippen molar-refractivity contribution in [1.29, 1.82) is 0 Å². The zero-order valence-electron chi connectivity index (χ0n) is 46.5. The summed E-state index contributed by atoms with van der Waals surface area (Å²) in [5, 5.41) is -0.989. The van der Waals surface area contributed by atoms with Gasteiger partial charge in [-0.15, -0.1) is 0 Å². The van der Waals surface area contributed by atoms with Crippen molar-refractivity contribution in [3.8, 4) is 11.1 Å². The van der Waals surface area contributed by atoms with Gasteiger partial charge in [0.05, 0.1) is 24.8 Å². The molecule has 1 aromatic heterocycles. The van der Waals surface area contributed by atoms with Crippen molar-refractivity contribution in [3.63, 3.8) is 0 Å². The average molecular weight is 702 g/mol. The monoisotopic (exact) mass is 701 g/mol. The molecule has 0 aliphatic heterocycles. The molecule has 0 fully saturated rings. The van der Waals surface area contributed by atoms with Crippen LogP contribution in [-0.2, 0) is 42.5 Å². The van der Waals surface area contributed by atoms with Gasteiger partial charge in [0.15, 0.2) is 5.16 Å². The SMILES string of the molecule is [2H]c1c([2H])c(C(F)(F)F)c([2H])c([2H])c1-c1c([2H])c([2H])c(C([2H])([2H])N(C(=O)C([2H])([2H])n2c(SCc3ccc(F)cc3)nc(=O)c3c2C([2H])([2H])C([2H])(C)C3([2H])[2H])C([2H])([2H])C([2H])([2H])N(CC)CC)c([2H])c1[2H]. The van der Waals surface area contributed by atoms with Crippen molar-refractivity contribution < 1.29 is 51.1 Å². The van der Waals surface area contributed by atoms with Crippen molar-refractivity contribution in [3.05, 3.63) is 117 Å². The van der Waals surface area contributed by atoms with E-state index in [2.05, 4.69) is 4.98 Å². The molecule has 1 atom stereocenters. The topological polar surface area (TPSA) is 58.4 Å². The lowest BCUT2D eigenvalue weighted by molar-refractivity contribution is -0.137. The van der Waals surface area contributed by atoms with Crippen LogP contribution in [0.2, 0.25) is 0 Å². The van der Waals surface area contributed by atoms with E-state index in [1.807, 2.05) is 0 Å². The summed E-state index contributed by atoms with van der Waals surface area (Å²) in [5.74, 6) is -6.70. The van der Waals surface area contributed by atoms with Crippen LogP contribution in [0.4, 0.5) is 17.6 Å². The van der Waals surface area contributed by atoms with E-state index in [0.29, 0.717) is 23.6 Å². The van der Waals surface area contributed by atoms with E-state index in [0.717, 1.165) is 12.1 Å². The molecular formula is C37H40F4N4O2S. The van der Waals surface area contributed by atoms with Crippen molar-refractivity contribution in [2.45, 2.75) is 63.6 Å². The van der Waals surface area contributed by atoms with E-state index < -0.39 is 179 Å². The first-order valence-corrected chi connectivity index (χ1v) is 15.1. The highest BCUT2D eigenvalue weighted by Gasteiger charge is 2.30. The summed E-state index contributed by atoms with van der Waals surface area (Å²) < 4.78 is 241. The molecule has 6 nitrogen and oxygen atoms in total. The fourth-order valence-electron chi connectivity index (χ4n) is 4.02. The van der Waals surface area contributed by atoms with Crippen LogP contribution in [-0.4, -0.2) is 51.3 Å². The predicted molar refractivity (Wildman–Crippen MR) is 181 cm³/mol. The lowest BCUT2D eigenvalue weighted by Gasteiger charge is -2.28. The summed E-state index contributed by atoms with van der Waals surface area (Å²) in [7, 11) is 0. The lowest BCUT2D eigenvalue weighted by Crippen LogP contribution is -2.40. The molecule has 48 heavy (non-hydrogen) atoms. The number of amides is 1. The number of alkyl halides is 3. The Balaban J connectivity index is 1.91. The first-order valence-electron chi connectivity index (χ1n) is 24.6. The molecule has 0 saturated carbocycles. The fraction of sp³-hybridized carbons (Fsp3) is 0.378. The van der Waals surface area contributed by atoms with E-state index in [-0.39, 0.29) is 10.1 Å². The number of aromatic nitrogens is 2. The zero-order valence-corrected chi connectivity index (χ0v) is 26.3. The van der Waals surface area contributed by atoms with Crippen molar-refractivity contribution in [2.75, 3.05) is 26.1 Å². The van der Waals surface area contributed by atoms with Crippen LogP contribution in [0, 0.1) is 11.7 Å². The Hall–Kier alpha value is -3.96. The van der Waals surface area contributed by atoms with Gasteiger partial charge in [-0.25, -0.2) is 4.39 Å². The van der Waals surface area contributed by atoms with Crippen LogP contribution in [0.25, 0.3) is 11.1 Å². The maximum atomic E-state index is 15.4. The minimum atomic E-state index is -5.47. The Morgan fingerprint density at radius 1 is 1.02 bits per heavy atom. The van der Waals surface area contributed by atoms with Crippen LogP contribution in [0.15, 0.2) is 82.6 Å². The summed E-state index contributed by atoms with van der Waals surface area (Å²) in [4.78, 5) is 32.7. The Morgan fingerprint density at radius 2 is 1.65 bits per heavy atom. The first kappa shape index (κ1) is 17.1. The summed E-state index contributed by atoms with van der Waals surface area (Å²) in [6.07, 6.45) is -12.3. The molecule has 1 unspecified atom stereocenters. The van der Waals surface area contributed by atoms with Crippen LogP contribution >= 0.6 is 11.8 Å². The number of benzene rings is 3. The molecule has 0 radical (unpaired) electrons. The number of hydrogen-bond donors (Lipinski definition) is 0. The van der Waals surface area contributed by atoms with Gasteiger partial charge >= 0.3 is 6.18 Å². The van der Waals surface area contributed by atoms with E-state index in [4.69, 9.17) is 20.6 Å². The quantitative estimate of drug-likeness (QED) is 0.0823. The summed E-state index contributed by atoms with van der Waals surface area (Å²) in [6, 6.07) is -8.30. The van der Waals surface area contributed by atoms with Gasteiger partial charge in [0.25, 0.3) is 5.56 Å². The number of carbonyl (C=O) groups is 1. The van der Waals surface area contributed by atoms with Crippen LogP contribution in [0.3, 0.4) is 0 Å². The normalized spacial score (nSPS) is 25.5. The molecule has 1 heterocycles. The van der Waals surface area contributed by atoms with Gasteiger partial charge in [-0.1, -0.05) is 80.9 Å². The maximum absolute atomic E-state index is 15.4. The summed E-state index contributed by atoms with van der Waals surface area (Å²) in [5.41, 5.74) is -10.2. The van der Waals surface area contributed by atoms with E-state index in [1.54, 1.807) is 0 Å². The Bertz CT molecular complexity index is 2750. The number of nitrogens with zero attached hydrogens (tertiary/aromatic N) is 4. The van der Waals surface area contributed by atoms with Gasteiger partial charge in [-0.05, 0) is 78.2 Å². The van der Waals surface area contributed by atoms with E-state index in [9.17, 15) is 30.6 Å². The average Bonchev–Trinajstić information content (AvgIpc) is 3.32. The van der Waals surface area contributed by atoms with Gasteiger partial charge in [-0.3, -0.25) is 9.59 Å². The predicted octanol–water partition coefficient (Wildman–Crippen LogP) is 7.47. The molecule has 5 rings (SSSR count). The molecule has 0 bridgehead atoms. The second-order valence-electron chi connectivity index (χ2n) is 9.81. The molecule has 0 saturated heterocycles. The highest BCUT2D eigenvalue weighted by molar-refractivity contribution is 7.98. The third kappa shape index (κ3) is 8.73. The number of halogens is 4. The Labute approximate surface area is 312 Å². The van der Waals surface area contributed by atoms with Gasteiger partial charge < -0.3 is 14.4 Å². The number of likely N-dealkylation sites (N-methyl/N-ethyl adjacent to an activating group) is 1. The van der Waals surface area contributed by atoms with Crippen molar-refractivity contribution in [2.24, 2.45) is 5.89 Å². The highest BCUT2D eigenvalue weighted by Crippen LogP contribution is 2.32. The summed E-state index contributed by atoms with van der Waals surface area (Å²) >= 11 is 0.356. The molecule has 1 amide bonds. The third-order valence-electron chi connectivity index (χ3n) is 6.46. The Kier molecular flexibility index (Phi) is 5.53. The van der Waals surface area contributed by atoms with Gasteiger partial charge in [0, 0.05) is 46.1 Å². The number of carbonyl (C=O) groups excluding carboxylic acids is 1. The number of hydrogen-bond acceptors (Lipinski definition) is 5. The highest BCUT2D eigenvalue weighted by atomic mass is 32.2. The molecule has 11 heteroatoms. The molecule has 0 N–H and O–H groups in total. The smallest absolute Gasteiger partial charge is 0.336 e. The molecule has 3 aromatic carbocycles. The van der Waals surface area contributed by atoms with Crippen LogP contribution in [0.1, 0.15) is 77.5 Å². The van der Waals surface area contributed by atoms with Gasteiger partial charge in [0.2, 0.25) is 5.91 Å². The van der Waals surface area contributed by atoms with E-state index in [1.165, 1.54) is 26.0 Å². The molecule has 1 aliphatic carbocycles. The molecule has 0 spiro atoms. The number of thioether (sulfide) groups is 1. The molecule has 1 aliphatic rings. The van der Waals surface area contributed by atoms with Crippen LogP contribution < -0.4 is 5.56 Å². The largest absolute Gasteiger partial charge is 0.416 e. The molecule has 254 valence electrons. The third-order valence-corrected chi connectivity index (χ3v) is 7.47. The number of rotatable bonds is 13. The van der Waals surface area contributed by atoms with Crippen LogP contribution in [0.5, 0.6) is 0 Å².